The Kier molecular flexibility index (Phi) is 0.933. The molecule has 1 nitrogen and oxygen atoms in total. The average Bonchev–Trinajstić information content (AvgIpc) is 2.18. The number of hydrogen-bond acceptors (Lipinski definition) is 1. The van der Waals surface area contributed by atoms with Gasteiger partial charge in [-0.3, -0.25) is 0 Å². The molecule has 3 fully saturated rings. The number of fused-ring (bicyclic) bond motifs is 1. The molecule has 52 valence electrons. The van der Waals surface area contributed by atoms with E-state index in [1.165, 1.54) is 0 Å². The van der Waals surface area contributed by atoms with E-state index >= 15 is 0 Å². The highest BCUT2D eigenvalue weighted by Crippen LogP contribution is 2.59. The van der Waals surface area contributed by atoms with Crippen LogP contribution in [0.1, 0.15) is 19.3 Å². The molecule has 2 N–H and O–H groups in total. The molecule has 0 saturated heterocycles. The van der Waals surface area contributed by atoms with Gasteiger partial charge >= 0.3 is 0 Å². The first-order chi connectivity index (χ1) is 4.26. The molecule has 2 bridgehead atoms. The molecule has 0 spiro atoms. The second-order valence-electron chi connectivity index (χ2n) is 3.59. The number of halogens is 1. The van der Waals surface area contributed by atoms with Crippen LogP contribution in [-0.2, 0) is 0 Å². The van der Waals surface area contributed by atoms with Crippen LogP contribution in [0.2, 0.25) is 0 Å². The maximum Gasteiger partial charge on any atom is 0.104 e. The van der Waals surface area contributed by atoms with Gasteiger partial charge in [0, 0.05) is 0 Å². The summed E-state index contributed by atoms with van der Waals surface area (Å²) in [6.07, 6.45) is 2.34. The molecule has 0 aliphatic heterocycles. The molecule has 0 aromatic rings. The average molecular weight is 129 g/mol. The normalized spacial score (nSPS) is 55.3. The summed E-state index contributed by atoms with van der Waals surface area (Å²) in [6.45, 7) is 0.698. The zero-order valence-corrected chi connectivity index (χ0v) is 5.44. The van der Waals surface area contributed by atoms with Gasteiger partial charge in [0.15, 0.2) is 0 Å². The Morgan fingerprint density at radius 2 is 2.11 bits per heavy atom. The molecule has 3 aliphatic rings. The molecule has 3 saturated carbocycles. The number of rotatable bonds is 1. The fraction of sp³-hybridized carbons (Fsp3) is 1.00. The Labute approximate surface area is 54.4 Å². The zero-order chi connectivity index (χ0) is 6.48. The van der Waals surface area contributed by atoms with Crippen LogP contribution in [-0.4, -0.2) is 12.7 Å². The molecule has 0 amide bonds. The molecular formula is C7H12FN. The summed E-state index contributed by atoms with van der Waals surface area (Å²) >= 11 is 0. The van der Waals surface area contributed by atoms with Crippen molar-refractivity contribution in [2.24, 2.45) is 17.1 Å². The van der Waals surface area contributed by atoms with Crippen molar-refractivity contribution in [1.82, 2.24) is 0 Å². The van der Waals surface area contributed by atoms with Gasteiger partial charge in [0.2, 0.25) is 0 Å². The van der Waals surface area contributed by atoms with E-state index in [0.29, 0.717) is 12.5 Å². The van der Waals surface area contributed by atoms with Crippen molar-refractivity contribution in [3.05, 3.63) is 0 Å². The molecule has 1 unspecified atom stereocenters. The Hall–Kier alpha value is -0.110. The predicted molar refractivity (Wildman–Crippen MR) is 33.7 cm³/mol. The lowest BCUT2D eigenvalue weighted by Crippen LogP contribution is -2.35. The van der Waals surface area contributed by atoms with Gasteiger partial charge in [0.1, 0.15) is 6.17 Å². The van der Waals surface area contributed by atoms with Gasteiger partial charge in [0.25, 0.3) is 0 Å². The van der Waals surface area contributed by atoms with Crippen LogP contribution in [0.5, 0.6) is 0 Å². The Bertz CT molecular complexity index is 129. The minimum absolute atomic E-state index is 0.254. The lowest BCUT2D eigenvalue weighted by Gasteiger charge is -2.36. The smallest absolute Gasteiger partial charge is 0.104 e. The second-order valence-corrected chi connectivity index (χ2v) is 3.59. The van der Waals surface area contributed by atoms with Gasteiger partial charge in [-0.25, -0.2) is 4.39 Å². The van der Waals surface area contributed by atoms with Crippen LogP contribution in [0.15, 0.2) is 0 Å². The third kappa shape index (κ3) is 0.571. The number of hydrogen-bond donors (Lipinski definition) is 1. The van der Waals surface area contributed by atoms with Crippen molar-refractivity contribution in [1.29, 1.82) is 0 Å². The van der Waals surface area contributed by atoms with Crippen molar-refractivity contribution in [3.8, 4) is 0 Å². The van der Waals surface area contributed by atoms with E-state index < -0.39 is 6.17 Å². The lowest BCUT2D eigenvalue weighted by atomic mass is 9.70. The van der Waals surface area contributed by atoms with E-state index in [-0.39, 0.29) is 5.41 Å². The van der Waals surface area contributed by atoms with Gasteiger partial charge in [0.05, 0.1) is 0 Å². The van der Waals surface area contributed by atoms with Crippen LogP contribution in [0.4, 0.5) is 4.39 Å². The Morgan fingerprint density at radius 3 is 2.33 bits per heavy atom. The van der Waals surface area contributed by atoms with Gasteiger partial charge in [-0.05, 0) is 37.1 Å². The van der Waals surface area contributed by atoms with Crippen molar-refractivity contribution in [2.45, 2.75) is 25.4 Å². The topological polar surface area (TPSA) is 26.0 Å². The number of alkyl halides is 1. The van der Waals surface area contributed by atoms with E-state index in [0.717, 1.165) is 19.3 Å². The monoisotopic (exact) mass is 129 g/mol. The van der Waals surface area contributed by atoms with E-state index in [2.05, 4.69) is 0 Å². The first-order valence-electron chi connectivity index (χ1n) is 3.60. The Morgan fingerprint density at radius 1 is 1.44 bits per heavy atom. The summed E-state index contributed by atoms with van der Waals surface area (Å²) in [5.41, 5.74) is 5.76. The molecular weight excluding hydrogens is 117 g/mol. The van der Waals surface area contributed by atoms with Gasteiger partial charge in [-0.2, -0.15) is 0 Å². The van der Waals surface area contributed by atoms with Crippen molar-refractivity contribution in [2.75, 3.05) is 6.54 Å². The maximum atomic E-state index is 12.7. The van der Waals surface area contributed by atoms with Gasteiger partial charge in [-0.1, -0.05) is 0 Å². The first kappa shape index (κ1) is 5.66. The molecule has 0 heterocycles. The highest BCUT2D eigenvalue weighted by atomic mass is 19.1. The van der Waals surface area contributed by atoms with Crippen molar-refractivity contribution < 1.29 is 4.39 Å². The van der Waals surface area contributed by atoms with E-state index in [1.54, 1.807) is 0 Å². The standard InChI is InChI=1S/C7H12FN/c8-6-3-7(4-9)1-5(6)2-7/h5-6H,1-4,9H2. The largest absolute Gasteiger partial charge is 0.330 e. The Balaban J connectivity index is 2.09. The summed E-state index contributed by atoms with van der Waals surface area (Å²) in [6, 6.07) is 0. The SMILES string of the molecule is NCC12CC(F)C(C1)C2. The predicted octanol–water partition coefficient (Wildman–Crippen LogP) is 1.08. The van der Waals surface area contributed by atoms with Crippen molar-refractivity contribution in [3.63, 3.8) is 0 Å². The molecule has 2 heteroatoms. The molecule has 3 aliphatic carbocycles. The quantitative estimate of drug-likeness (QED) is 0.563. The van der Waals surface area contributed by atoms with Gasteiger partial charge in [-0.15, -0.1) is 0 Å². The summed E-state index contributed by atoms with van der Waals surface area (Å²) < 4.78 is 12.7. The highest BCUT2D eigenvalue weighted by Gasteiger charge is 2.55. The lowest BCUT2D eigenvalue weighted by molar-refractivity contribution is 0.142. The maximum absolute atomic E-state index is 12.7. The van der Waals surface area contributed by atoms with Gasteiger partial charge < -0.3 is 5.73 Å². The van der Waals surface area contributed by atoms with E-state index in [9.17, 15) is 4.39 Å². The summed E-state index contributed by atoms with van der Waals surface area (Å²) in [5.74, 6) is 0.383. The van der Waals surface area contributed by atoms with E-state index in [1.807, 2.05) is 0 Å². The van der Waals surface area contributed by atoms with Crippen LogP contribution < -0.4 is 5.73 Å². The van der Waals surface area contributed by atoms with Crippen molar-refractivity contribution >= 4 is 0 Å². The first-order valence-corrected chi connectivity index (χ1v) is 3.60. The van der Waals surface area contributed by atoms with Crippen LogP contribution >= 0.6 is 0 Å². The molecule has 3 rings (SSSR count). The van der Waals surface area contributed by atoms with E-state index in [4.69, 9.17) is 5.73 Å². The molecule has 0 aromatic heterocycles. The summed E-state index contributed by atoms with van der Waals surface area (Å²) in [4.78, 5) is 0. The molecule has 0 aromatic carbocycles. The fourth-order valence-corrected chi connectivity index (χ4v) is 2.31. The molecule has 9 heavy (non-hydrogen) atoms. The summed E-state index contributed by atoms with van der Waals surface area (Å²) in [5, 5.41) is 0. The highest BCUT2D eigenvalue weighted by molar-refractivity contribution is 5.06. The zero-order valence-electron chi connectivity index (χ0n) is 5.44. The molecule has 1 atom stereocenters. The third-order valence-corrected chi connectivity index (χ3v) is 2.96. The minimum Gasteiger partial charge on any atom is -0.330 e. The van der Waals surface area contributed by atoms with Crippen LogP contribution in [0.25, 0.3) is 0 Å². The van der Waals surface area contributed by atoms with Crippen LogP contribution in [0.3, 0.4) is 0 Å². The second kappa shape index (κ2) is 1.48. The third-order valence-electron chi connectivity index (χ3n) is 2.96. The van der Waals surface area contributed by atoms with Crippen LogP contribution in [0, 0.1) is 11.3 Å². The summed E-state index contributed by atoms with van der Waals surface area (Å²) in [7, 11) is 0. The minimum atomic E-state index is -0.520. The number of nitrogens with two attached hydrogens (primary N) is 1. The fourth-order valence-electron chi connectivity index (χ4n) is 2.31. The molecule has 0 radical (unpaired) electrons.